The molecule has 4 heteroatoms. The molecule has 2 rings (SSSR count). The third-order valence-corrected chi connectivity index (χ3v) is 5.17. The van der Waals surface area contributed by atoms with Crippen LogP contribution in [0.5, 0.6) is 0 Å². The third-order valence-electron chi connectivity index (χ3n) is 5.17. The Morgan fingerprint density at radius 1 is 1.16 bits per heavy atom. The minimum absolute atomic E-state index is 0.0922. The molecule has 1 aliphatic carbocycles. The maximum absolute atomic E-state index is 6.10. The van der Waals surface area contributed by atoms with Crippen molar-refractivity contribution >= 4 is 0 Å². The fourth-order valence-electron chi connectivity index (χ4n) is 3.66. The highest BCUT2D eigenvalue weighted by molar-refractivity contribution is 4.95. The molecular formula is C15H31N3O. The average molecular weight is 269 g/mol. The van der Waals surface area contributed by atoms with Crippen molar-refractivity contribution in [1.29, 1.82) is 0 Å². The summed E-state index contributed by atoms with van der Waals surface area (Å²) in [5.41, 5.74) is 10.0. The lowest BCUT2D eigenvalue weighted by Gasteiger charge is -2.48. The number of hydrogen-bond acceptors (Lipinski definition) is 4. The maximum Gasteiger partial charge on any atom is 0.0572 e. The quantitative estimate of drug-likeness (QED) is 0.820. The van der Waals surface area contributed by atoms with Crippen LogP contribution in [-0.4, -0.2) is 42.4 Å². The molecule has 2 aliphatic rings. The maximum atomic E-state index is 6.10. The lowest BCUT2D eigenvalue weighted by atomic mass is 9.80. The van der Waals surface area contributed by atoms with Crippen LogP contribution >= 0.6 is 0 Å². The molecule has 1 saturated heterocycles. The molecule has 0 aromatic heterocycles. The highest BCUT2D eigenvalue weighted by Crippen LogP contribution is 2.31. The van der Waals surface area contributed by atoms with Gasteiger partial charge in [0.1, 0.15) is 0 Å². The van der Waals surface area contributed by atoms with E-state index in [0.717, 1.165) is 32.2 Å². The molecule has 4 nitrogen and oxygen atoms in total. The molecule has 112 valence electrons. The number of hydrazine groups is 1. The van der Waals surface area contributed by atoms with Gasteiger partial charge in [-0.05, 0) is 52.4 Å². The molecule has 0 aromatic rings. The first kappa shape index (κ1) is 15.2. The average Bonchev–Trinajstić information content (AvgIpc) is 2.44. The second-order valence-electron chi connectivity index (χ2n) is 6.57. The SMILES string of the molecule is COC1CCC(CN)(NN2C(C)CCCC2C)CC1. The van der Waals surface area contributed by atoms with E-state index < -0.39 is 0 Å². The minimum atomic E-state index is 0.0922. The first-order valence-electron chi connectivity index (χ1n) is 7.89. The lowest BCUT2D eigenvalue weighted by Crippen LogP contribution is -2.64. The number of nitrogens with zero attached hydrogens (tertiary/aromatic N) is 1. The van der Waals surface area contributed by atoms with E-state index in [0.29, 0.717) is 18.2 Å². The molecule has 1 saturated carbocycles. The summed E-state index contributed by atoms with van der Waals surface area (Å²) in [6.07, 6.45) is 8.85. The summed E-state index contributed by atoms with van der Waals surface area (Å²) >= 11 is 0. The second-order valence-corrected chi connectivity index (χ2v) is 6.57. The Kier molecular flexibility index (Phi) is 5.23. The highest BCUT2D eigenvalue weighted by atomic mass is 16.5. The number of ether oxygens (including phenoxy) is 1. The third kappa shape index (κ3) is 3.48. The van der Waals surface area contributed by atoms with Crippen molar-refractivity contribution in [2.24, 2.45) is 5.73 Å². The van der Waals surface area contributed by atoms with Crippen molar-refractivity contribution in [2.45, 2.75) is 82.5 Å². The zero-order valence-electron chi connectivity index (χ0n) is 12.8. The standard InChI is InChI=1S/C15H31N3O/c1-12-5-4-6-13(2)18(12)17-15(11-16)9-7-14(19-3)8-10-15/h12-14,17H,4-11,16H2,1-3H3. The molecule has 0 bridgehead atoms. The van der Waals surface area contributed by atoms with E-state index in [2.05, 4.69) is 24.3 Å². The lowest BCUT2D eigenvalue weighted by molar-refractivity contribution is -0.0301. The number of nitrogens with two attached hydrogens (primary N) is 1. The number of piperidine rings is 1. The van der Waals surface area contributed by atoms with Crippen LogP contribution in [0.1, 0.15) is 58.8 Å². The number of methoxy groups -OCH3 is 1. The van der Waals surface area contributed by atoms with Crippen LogP contribution in [0.2, 0.25) is 0 Å². The van der Waals surface area contributed by atoms with Gasteiger partial charge in [0.15, 0.2) is 0 Å². The zero-order chi connectivity index (χ0) is 13.9. The highest BCUT2D eigenvalue weighted by Gasteiger charge is 2.38. The molecule has 0 radical (unpaired) electrons. The van der Waals surface area contributed by atoms with Gasteiger partial charge in [-0.1, -0.05) is 6.42 Å². The smallest absolute Gasteiger partial charge is 0.0572 e. The van der Waals surface area contributed by atoms with Gasteiger partial charge in [-0.25, -0.2) is 10.4 Å². The zero-order valence-corrected chi connectivity index (χ0v) is 12.8. The Labute approximate surface area is 118 Å². The number of rotatable bonds is 4. The summed E-state index contributed by atoms with van der Waals surface area (Å²) in [4.78, 5) is 0. The largest absolute Gasteiger partial charge is 0.381 e. The Bertz CT molecular complexity index is 267. The normalized spacial score (nSPS) is 41.4. The topological polar surface area (TPSA) is 50.5 Å². The molecule has 1 heterocycles. The number of nitrogens with one attached hydrogen (secondary N) is 1. The molecule has 0 aromatic carbocycles. The van der Waals surface area contributed by atoms with Gasteiger partial charge in [0.25, 0.3) is 0 Å². The summed E-state index contributed by atoms with van der Waals surface area (Å²) in [6.45, 7) is 5.38. The molecule has 0 spiro atoms. The molecular weight excluding hydrogens is 238 g/mol. The van der Waals surface area contributed by atoms with Gasteiger partial charge in [0, 0.05) is 31.3 Å². The molecule has 19 heavy (non-hydrogen) atoms. The molecule has 2 unspecified atom stereocenters. The van der Waals surface area contributed by atoms with Crippen molar-refractivity contribution in [2.75, 3.05) is 13.7 Å². The first-order chi connectivity index (χ1) is 9.10. The van der Waals surface area contributed by atoms with Gasteiger partial charge >= 0.3 is 0 Å². The summed E-state index contributed by atoms with van der Waals surface area (Å²) < 4.78 is 5.48. The molecule has 3 N–H and O–H groups in total. The van der Waals surface area contributed by atoms with Gasteiger partial charge in [-0.3, -0.25) is 0 Å². The van der Waals surface area contributed by atoms with Crippen molar-refractivity contribution < 1.29 is 4.74 Å². The second kappa shape index (κ2) is 6.53. The van der Waals surface area contributed by atoms with Crippen molar-refractivity contribution in [1.82, 2.24) is 10.4 Å². The van der Waals surface area contributed by atoms with Crippen LogP contribution in [0.15, 0.2) is 0 Å². The molecule has 2 fully saturated rings. The van der Waals surface area contributed by atoms with Gasteiger partial charge in [0.05, 0.1) is 6.10 Å². The minimum Gasteiger partial charge on any atom is -0.381 e. The van der Waals surface area contributed by atoms with E-state index >= 15 is 0 Å². The van der Waals surface area contributed by atoms with E-state index in [4.69, 9.17) is 10.5 Å². The van der Waals surface area contributed by atoms with Gasteiger partial charge in [0.2, 0.25) is 0 Å². The van der Waals surface area contributed by atoms with Crippen molar-refractivity contribution in [3.05, 3.63) is 0 Å². The predicted molar refractivity (Wildman–Crippen MR) is 78.8 cm³/mol. The van der Waals surface area contributed by atoms with Crippen LogP contribution in [0.3, 0.4) is 0 Å². The predicted octanol–water partition coefficient (Wildman–Crippen LogP) is 2.04. The van der Waals surface area contributed by atoms with E-state index in [1.54, 1.807) is 0 Å². The van der Waals surface area contributed by atoms with Crippen molar-refractivity contribution in [3.8, 4) is 0 Å². The Balaban J connectivity index is 1.98. The molecule has 1 aliphatic heterocycles. The Hall–Kier alpha value is -0.160. The summed E-state index contributed by atoms with van der Waals surface area (Å²) in [7, 11) is 1.82. The Morgan fingerprint density at radius 2 is 1.74 bits per heavy atom. The van der Waals surface area contributed by atoms with Gasteiger partial charge in [-0.2, -0.15) is 0 Å². The van der Waals surface area contributed by atoms with Crippen LogP contribution in [0.25, 0.3) is 0 Å². The van der Waals surface area contributed by atoms with Crippen LogP contribution in [0, 0.1) is 0 Å². The number of hydrogen-bond donors (Lipinski definition) is 2. The van der Waals surface area contributed by atoms with E-state index in [1.807, 2.05) is 7.11 Å². The monoisotopic (exact) mass is 269 g/mol. The van der Waals surface area contributed by atoms with Crippen LogP contribution in [-0.2, 0) is 4.74 Å². The summed E-state index contributed by atoms with van der Waals surface area (Å²) in [5.74, 6) is 0. The van der Waals surface area contributed by atoms with Crippen molar-refractivity contribution in [3.63, 3.8) is 0 Å². The first-order valence-corrected chi connectivity index (χ1v) is 7.89. The fraction of sp³-hybridized carbons (Fsp3) is 1.00. The molecule has 0 amide bonds. The fourth-order valence-corrected chi connectivity index (χ4v) is 3.66. The van der Waals surface area contributed by atoms with Crippen LogP contribution in [0.4, 0.5) is 0 Å². The van der Waals surface area contributed by atoms with Crippen LogP contribution < -0.4 is 11.2 Å². The van der Waals surface area contributed by atoms with E-state index in [-0.39, 0.29) is 5.54 Å². The summed E-state index contributed by atoms with van der Waals surface area (Å²) in [6, 6.07) is 1.24. The van der Waals surface area contributed by atoms with Gasteiger partial charge < -0.3 is 10.5 Å². The van der Waals surface area contributed by atoms with Gasteiger partial charge in [-0.15, -0.1) is 0 Å². The van der Waals surface area contributed by atoms with E-state index in [9.17, 15) is 0 Å². The molecule has 2 atom stereocenters. The summed E-state index contributed by atoms with van der Waals surface area (Å²) in [5, 5.41) is 2.48. The Morgan fingerprint density at radius 3 is 2.21 bits per heavy atom. The van der Waals surface area contributed by atoms with E-state index in [1.165, 1.54) is 19.3 Å².